The van der Waals surface area contributed by atoms with Crippen LogP contribution in [0, 0.1) is 5.92 Å². The summed E-state index contributed by atoms with van der Waals surface area (Å²) in [7, 11) is 0. The van der Waals surface area contributed by atoms with Crippen molar-refractivity contribution in [2.24, 2.45) is 5.92 Å². The van der Waals surface area contributed by atoms with Gasteiger partial charge in [-0.1, -0.05) is 18.5 Å². The van der Waals surface area contributed by atoms with E-state index in [-0.39, 0.29) is 6.10 Å². The fourth-order valence-corrected chi connectivity index (χ4v) is 2.86. The van der Waals surface area contributed by atoms with E-state index < -0.39 is 0 Å². The zero-order valence-electron chi connectivity index (χ0n) is 8.69. The van der Waals surface area contributed by atoms with Crippen molar-refractivity contribution >= 4 is 22.9 Å². The maximum atomic E-state index is 9.75. The smallest absolute Gasteiger partial charge is 0.183 e. The van der Waals surface area contributed by atoms with Crippen LogP contribution in [0.3, 0.4) is 0 Å². The van der Waals surface area contributed by atoms with Crippen LogP contribution in [0.5, 0.6) is 0 Å². The Kier molecular flexibility index (Phi) is 3.61. The Hall–Kier alpha value is -0.160. The van der Waals surface area contributed by atoms with Gasteiger partial charge in [0.2, 0.25) is 0 Å². The maximum absolute atomic E-state index is 9.75. The van der Waals surface area contributed by atoms with Crippen LogP contribution in [-0.4, -0.2) is 34.2 Å². The Morgan fingerprint density at radius 2 is 2.53 bits per heavy atom. The summed E-state index contributed by atoms with van der Waals surface area (Å²) in [5.74, 6) is 0.422. The van der Waals surface area contributed by atoms with E-state index in [1.54, 1.807) is 0 Å². The van der Waals surface area contributed by atoms with Crippen molar-refractivity contribution in [2.45, 2.75) is 26.0 Å². The molecule has 1 aliphatic rings. The van der Waals surface area contributed by atoms with E-state index in [1.807, 2.05) is 6.20 Å². The van der Waals surface area contributed by atoms with Gasteiger partial charge in [0.1, 0.15) is 0 Å². The molecule has 2 atom stereocenters. The summed E-state index contributed by atoms with van der Waals surface area (Å²) in [6, 6.07) is 0. The van der Waals surface area contributed by atoms with Gasteiger partial charge >= 0.3 is 0 Å². The Morgan fingerprint density at radius 3 is 3.13 bits per heavy atom. The fourth-order valence-electron chi connectivity index (χ4n) is 1.84. The first kappa shape index (κ1) is 11.3. The summed E-state index contributed by atoms with van der Waals surface area (Å²) in [6.07, 6.45) is 2.69. The topological polar surface area (TPSA) is 36.4 Å². The van der Waals surface area contributed by atoms with Crippen molar-refractivity contribution in [3.63, 3.8) is 0 Å². The highest BCUT2D eigenvalue weighted by molar-refractivity contribution is 7.15. The van der Waals surface area contributed by atoms with Gasteiger partial charge in [-0.25, -0.2) is 4.98 Å². The second-order valence-corrected chi connectivity index (χ2v) is 5.85. The molecule has 1 saturated heterocycles. The van der Waals surface area contributed by atoms with E-state index in [4.69, 9.17) is 11.6 Å². The average Bonchev–Trinajstić information content (AvgIpc) is 2.58. The van der Waals surface area contributed by atoms with Crippen molar-refractivity contribution in [3.8, 4) is 0 Å². The number of aromatic nitrogens is 1. The van der Waals surface area contributed by atoms with Gasteiger partial charge < -0.3 is 5.11 Å². The molecule has 15 heavy (non-hydrogen) atoms. The molecular weight excluding hydrogens is 232 g/mol. The number of hydrogen-bond donors (Lipinski definition) is 1. The summed E-state index contributed by atoms with van der Waals surface area (Å²) in [6.45, 7) is 4.77. The number of aliphatic hydroxyl groups is 1. The highest BCUT2D eigenvalue weighted by atomic mass is 35.5. The second kappa shape index (κ2) is 4.78. The number of piperidine rings is 1. The molecule has 0 saturated carbocycles. The van der Waals surface area contributed by atoms with Crippen LogP contribution in [0.25, 0.3) is 0 Å². The second-order valence-electron chi connectivity index (χ2n) is 4.15. The number of rotatable bonds is 2. The predicted molar refractivity (Wildman–Crippen MR) is 62.2 cm³/mol. The van der Waals surface area contributed by atoms with Crippen LogP contribution < -0.4 is 0 Å². The lowest BCUT2D eigenvalue weighted by Crippen LogP contribution is -2.42. The number of likely N-dealkylation sites (tertiary alicyclic amines) is 1. The number of hydrogen-bond acceptors (Lipinski definition) is 4. The molecule has 2 unspecified atom stereocenters. The summed E-state index contributed by atoms with van der Waals surface area (Å²) in [4.78, 5) is 7.44. The molecule has 3 nitrogen and oxygen atoms in total. The Labute approximate surface area is 98.7 Å². The maximum Gasteiger partial charge on any atom is 0.183 e. The quantitative estimate of drug-likeness (QED) is 0.867. The molecule has 1 fully saturated rings. The molecule has 1 aliphatic heterocycles. The van der Waals surface area contributed by atoms with Crippen LogP contribution in [0.15, 0.2) is 6.20 Å². The van der Waals surface area contributed by atoms with Crippen molar-refractivity contribution in [1.29, 1.82) is 0 Å². The van der Waals surface area contributed by atoms with Gasteiger partial charge in [-0.15, -0.1) is 11.3 Å². The number of β-amino-alcohol motifs (C(OH)–C–C–N with tert-alkyl or cyclic N) is 1. The van der Waals surface area contributed by atoms with E-state index in [1.165, 1.54) is 16.2 Å². The average molecular weight is 247 g/mol. The summed E-state index contributed by atoms with van der Waals surface area (Å²) in [5, 5.41) is 9.75. The van der Waals surface area contributed by atoms with Crippen molar-refractivity contribution in [3.05, 3.63) is 15.5 Å². The van der Waals surface area contributed by atoms with Crippen LogP contribution in [0.1, 0.15) is 18.2 Å². The Morgan fingerprint density at radius 1 is 1.73 bits per heavy atom. The molecule has 2 heterocycles. The van der Waals surface area contributed by atoms with Crippen LogP contribution in [-0.2, 0) is 6.54 Å². The molecule has 1 aromatic heterocycles. The van der Waals surface area contributed by atoms with E-state index >= 15 is 0 Å². The fraction of sp³-hybridized carbons (Fsp3) is 0.700. The van der Waals surface area contributed by atoms with E-state index in [9.17, 15) is 5.11 Å². The lowest BCUT2D eigenvalue weighted by Gasteiger charge is -2.33. The summed E-state index contributed by atoms with van der Waals surface area (Å²) in [5.41, 5.74) is 0. The zero-order valence-corrected chi connectivity index (χ0v) is 10.3. The molecule has 0 spiro atoms. The number of thiazole rings is 1. The first-order chi connectivity index (χ1) is 7.15. The molecule has 1 aromatic rings. The Bertz CT molecular complexity index is 331. The summed E-state index contributed by atoms with van der Waals surface area (Å²) >= 11 is 7.28. The van der Waals surface area contributed by atoms with E-state index in [0.717, 1.165) is 26.1 Å². The van der Waals surface area contributed by atoms with Crippen LogP contribution in [0.4, 0.5) is 0 Å². The molecule has 84 valence electrons. The SMILES string of the molecule is CC1CCN(Cc2cnc(Cl)s2)CC1O. The molecule has 0 aliphatic carbocycles. The number of halogens is 1. The van der Waals surface area contributed by atoms with Gasteiger partial charge in [-0.05, 0) is 18.9 Å². The molecule has 1 N–H and O–H groups in total. The minimum Gasteiger partial charge on any atom is -0.392 e. The Balaban J connectivity index is 1.90. The minimum atomic E-state index is -0.192. The number of nitrogens with zero attached hydrogens (tertiary/aromatic N) is 2. The van der Waals surface area contributed by atoms with Gasteiger partial charge in [-0.3, -0.25) is 4.90 Å². The number of aliphatic hydroxyl groups excluding tert-OH is 1. The molecule has 0 aromatic carbocycles. The monoisotopic (exact) mass is 246 g/mol. The van der Waals surface area contributed by atoms with Gasteiger partial charge in [-0.2, -0.15) is 0 Å². The molecule has 0 amide bonds. The normalized spacial score (nSPS) is 28.2. The predicted octanol–water partition coefficient (Wildman–Crippen LogP) is 2.00. The highest BCUT2D eigenvalue weighted by Gasteiger charge is 2.24. The lowest BCUT2D eigenvalue weighted by molar-refractivity contribution is 0.0263. The van der Waals surface area contributed by atoms with Gasteiger partial charge in [0, 0.05) is 24.2 Å². The molecule has 5 heteroatoms. The highest BCUT2D eigenvalue weighted by Crippen LogP contribution is 2.22. The van der Waals surface area contributed by atoms with Crippen molar-refractivity contribution < 1.29 is 5.11 Å². The lowest BCUT2D eigenvalue weighted by atomic mass is 9.96. The van der Waals surface area contributed by atoms with Crippen LogP contribution in [0.2, 0.25) is 4.47 Å². The third-order valence-corrected chi connectivity index (χ3v) is 4.01. The van der Waals surface area contributed by atoms with Gasteiger partial charge in [0.15, 0.2) is 4.47 Å². The molecule has 0 radical (unpaired) electrons. The van der Waals surface area contributed by atoms with Crippen LogP contribution >= 0.6 is 22.9 Å². The van der Waals surface area contributed by atoms with Gasteiger partial charge in [0.05, 0.1) is 6.10 Å². The molecular formula is C10H15ClN2OS. The summed E-state index contributed by atoms with van der Waals surface area (Å²) < 4.78 is 0.593. The first-order valence-corrected chi connectivity index (χ1v) is 6.35. The molecule has 2 rings (SSSR count). The third-order valence-electron chi connectivity index (χ3n) is 2.91. The van der Waals surface area contributed by atoms with E-state index in [2.05, 4.69) is 16.8 Å². The first-order valence-electron chi connectivity index (χ1n) is 5.16. The van der Waals surface area contributed by atoms with Crippen molar-refractivity contribution in [1.82, 2.24) is 9.88 Å². The van der Waals surface area contributed by atoms with E-state index in [0.29, 0.717) is 10.4 Å². The minimum absolute atomic E-state index is 0.192. The standard InChI is InChI=1S/C10H15ClN2OS/c1-7-2-3-13(6-9(7)14)5-8-4-12-10(11)15-8/h4,7,9,14H,2-3,5-6H2,1H3. The zero-order chi connectivity index (χ0) is 10.8. The van der Waals surface area contributed by atoms with Crippen molar-refractivity contribution in [2.75, 3.05) is 13.1 Å². The third kappa shape index (κ3) is 2.91. The van der Waals surface area contributed by atoms with Gasteiger partial charge in [0.25, 0.3) is 0 Å². The largest absolute Gasteiger partial charge is 0.392 e. The molecule has 0 bridgehead atoms.